The smallest absolute Gasteiger partial charge is 0.167 e. The van der Waals surface area contributed by atoms with E-state index in [1.807, 2.05) is 48.5 Å². The van der Waals surface area contributed by atoms with Crippen molar-refractivity contribution in [2.75, 3.05) is 13.2 Å². The van der Waals surface area contributed by atoms with Crippen LogP contribution in [0.5, 0.6) is 23.0 Å². The Hall–Kier alpha value is -4.08. The summed E-state index contributed by atoms with van der Waals surface area (Å²) < 4.78 is 30.7. The topological polar surface area (TPSA) is 104 Å². The minimum absolute atomic E-state index is 0.111. The number of hydrogen-bond acceptors (Lipinski definition) is 9. The number of unbranched alkanes of at least 4 members (excludes halogenated alkanes) is 6. The molecule has 2 aromatic heterocycles. The molecule has 0 aliphatic carbocycles. The maximum atomic E-state index is 6.65. The first kappa shape index (κ1) is 38.6. The lowest BCUT2D eigenvalue weighted by molar-refractivity contribution is 0.305. The van der Waals surface area contributed by atoms with E-state index in [0.717, 1.165) is 85.8 Å². The van der Waals surface area contributed by atoms with Crippen molar-refractivity contribution >= 4 is 0 Å². The Bertz CT molecular complexity index is 1570. The van der Waals surface area contributed by atoms with Crippen LogP contribution >= 0.6 is 0 Å². The fraction of sp³-hybridized carbons (Fsp3) is 0.545. The second-order valence-electron chi connectivity index (χ2n) is 14.4. The quantitative estimate of drug-likeness (QED) is 0.0516. The van der Waals surface area contributed by atoms with Gasteiger partial charge in [0, 0.05) is 24.0 Å². The van der Waals surface area contributed by atoms with E-state index in [-0.39, 0.29) is 24.4 Å². The van der Waals surface area contributed by atoms with E-state index >= 15 is 0 Å². The first-order valence-corrected chi connectivity index (χ1v) is 20.2. The van der Waals surface area contributed by atoms with Crippen LogP contribution in [0.3, 0.4) is 0 Å². The molecule has 9 nitrogen and oxygen atoms in total. The van der Waals surface area contributed by atoms with Gasteiger partial charge in [-0.2, -0.15) is 0 Å². The summed E-state index contributed by atoms with van der Waals surface area (Å²) in [5.41, 5.74) is 3.46. The van der Waals surface area contributed by atoms with E-state index in [0.29, 0.717) is 36.0 Å². The van der Waals surface area contributed by atoms with E-state index in [4.69, 9.17) is 43.6 Å². The average molecular weight is 723 g/mol. The second-order valence-corrected chi connectivity index (χ2v) is 14.4. The molecule has 0 saturated carbocycles. The van der Waals surface area contributed by atoms with Gasteiger partial charge < -0.3 is 23.7 Å². The van der Waals surface area contributed by atoms with Crippen LogP contribution in [0.1, 0.15) is 116 Å². The van der Waals surface area contributed by atoms with Gasteiger partial charge >= 0.3 is 0 Å². The minimum atomic E-state index is 0.111. The monoisotopic (exact) mass is 722 g/mol. The summed E-state index contributed by atoms with van der Waals surface area (Å²) >= 11 is 0. The van der Waals surface area contributed by atoms with Gasteiger partial charge in [-0.25, -0.2) is 19.9 Å². The fourth-order valence-corrected chi connectivity index (χ4v) is 6.69. The number of ether oxygens (including phenoxy) is 5. The van der Waals surface area contributed by atoms with Gasteiger partial charge in [-0.3, -0.25) is 0 Å². The Labute approximate surface area is 316 Å². The van der Waals surface area contributed by atoms with Crippen molar-refractivity contribution in [3.63, 3.8) is 0 Å². The standard InChI is InChI=1S/C44H58N4O5/c1-5-9-11-13-25-49-33-21-17-31(18-22-33)43-45-29-41(35(47-43)27-39-37(51-39)15-7-3)53-42-30-46-44(48-36(42)28-40-38(52-40)16-8-4)32-19-23-34(24-20-32)50-26-14-12-10-6-2/h17-24,29-30,37-40H,5-16,25-28H2,1-4H3/t37-,38-,39-,40-/m0/s1. The number of nitrogens with zero attached hydrogens (tertiary/aromatic N) is 4. The molecule has 6 rings (SSSR count). The summed E-state index contributed by atoms with van der Waals surface area (Å²) in [6.07, 6.45) is 19.2. The van der Waals surface area contributed by atoms with Crippen LogP contribution in [0.2, 0.25) is 0 Å². The van der Waals surface area contributed by atoms with Crippen LogP contribution in [0.25, 0.3) is 22.8 Å². The fourth-order valence-electron chi connectivity index (χ4n) is 6.69. The largest absolute Gasteiger partial charge is 0.494 e. The van der Waals surface area contributed by atoms with Gasteiger partial charge in [0.15, 0.2) is 23.1 Å². The Morgan fingerprint density at radius 1 is 0.509 bits per heavy atom. The maximum absolute atomic E-state index is 6.65. The number of aromatic nitrogens is 4. The third-order valence-electron chi connectivity index (χ3n) is 9.95. The third-order valence-corrected chi connectivity index (χ3v) is 9.95. The van der Waals surface area contributed by atoms with Crippen LogP contribution in [-0.4, -0.2) is 57.6 Å². The van der Waals surface area contributed by atoms with Crippen molar-refractivity contribution in [1.82, 2.24) is 19.9 Å². The van der Waals surface area contributed by atoms with Gasteiger partial charge in [-0.15, -0.1) is 0 Å². The third kappa shape index (κ3) is 11.5. The lowest BCUT2D eigenvalue weighted by Crippen LogP contribution is -2.08. The molecule has 4 heterocycles. The minimum Gasteiger partial charge on any atom is -0.494 e. The molecule has 2 saturated heterocycles. The summed E-state index contributed by atoms with van der Waals surface area (Å²) in [6, 6.07) is 16.1. The molecule has 0 N–H and O–H groups in total. The van der Waals surface area contributed by atoms with Crippen molar-refractivity contribution in [3.05, 3.63) is 72.3 Å². The summed E-state index contributed by atoms with van der Waals surface area (Å²) in [4.78, 5) is 19.6. The highest BCUT2D eigenvalue weighted by atomic mass is 16.6. The molecular weight excluding hydrogens is 665 g/mol. The molecule has 4 aromatic rings. The van der Waals surface area contributed by atoms with Gasteiger partial charge in [-0.05, 0) is 74.2 Å². The molecule has 2 aliphatic heterocycles. The molecule has 0 bridgehead atoms. The van der Waals surface area contributed by atoms with E-state index in [2.05, 4.69) is 27.7 Å². The first-order chi connectivity index (χ1) is 26.1. The summed E-state index contributed by atoms with van der Waals surface area (Å²) in [6.45, 7) is 10.3. The number of hydrogen-bond donors (Lipinski definition) is 0. The number of benzene rings is 2. The molecule has 0 amide bonds. The van der Waals surface area contributed by atoms with Crippen molar-refractivity contribution in [2.24, 2.45) is 0 Å². The van der Waals surface area contributed by atoms with Gasteiger partial charge in [0.1, 0.15) is 11.5 Å². The lowest BCUT2D eigenvalue weighted by atomic mass is 10.1. The Balaban J connectivity index is 1.21. The van der Waals surface area contributed by atoms with Crippen molar-refractivity contribution in [2.45, 2.75) is 142 Å². The zero-order valence-corrected chi connectivity index (χ0v) is 32.2. The van der Waals surface area contributed by atoms with Gasteiger partial charge in [0.05, 0.1) is 61.4 Å². The first-order valence-electron chi connectivity index (χ1n) is 20.2. The van der Waals surface area contributed by atoms with Crippen LogP contribution in [0.4, 0.5) is 0 Å². The zero-order chi connectivity index (χ0) is 36.8. The van der Waals surface area contributed by atoms with Gasteiger partial charge in [0.25, 0.3) is 0 Å². The molecule has 4 atom stereocenters. The summed E-state index contributed by atoms with van der Waals surface area (Å²) in [7, 11) is 0. The van der Waals surface area contributed by atoms with E-state index in [1.54, 1.807) is 12.4 Å². The predicted molar refractivity (Wildman–Crippen MR) is 209 cm³/mol. The van der Waals surface area contributed by atoms with Gasteiger partial charge in [-0.1, -0.05) is 79.1 Å². The highest BCUT2D eigenvalue weighted by Gasteiger charge is 2.40. The average Bonchev–Trinajstić information content (AvgIpc) is 4.11. The lowest BCUT2D eigenvalue weighted by Gasteiger charge is -2.14. The maximum Gasteiger partial charge on any atom is 0.167 e. The van der Waals surface area contributed by atoms with Crippen LogP contribution in [-0.2, 0) is 22.3 Å². The molecular formula is C44H58N4O5. The van der Waals surface area contributed by atoms with E-state index < -0.39 is 0 Å². The Morgan fingerprint density at radius 3 is 1.34 bits per heavy atom. The molecule has 0 unspecified atom stereocenters. The Kier molecular flexibility index (Phi) is 14.5. The molecule has 0 radical (unpaired) electrons. The molecule has 9 heteroatoms. The highest BCUT2D eigenvalue weighted by molar-refractivity contribution is 5.58. The molecule has 2 aliphatic rings. The SMILES string of the molecule is CCCCCCOc1ccc(-c2ncc(Oc3cnc(-c4ccc(OCCCCCC)cc4)nc3C[C@@H]3O[C@H]3CCC)c(C[C@@H]3O[C@H]3CCC)n2)cc1. The van der Waals surface area contributed by atoms with Crippen LogP contribution < -0.4 is 14.2 Å². The van der Waals surface area contributed by atoms with Crippen LogP contribution in [0.15, 0.2) is 60.9 Å². The molecule has 0 spiro atoms. The molecule has 2 fully saturated rings. The van der Waals surface area contributed by atoms with Crippen LogP contribution in [0, 0.1) is 0 Å². The van der Waals surface area contributed by atoms with Crippen molar-refractivity contribution in [3.8, 4) is 45.8 Å². The summed E-state index contributed by atoms with van der Waals surface area (Å²) in [5.74, 6) is 4.18. The highest BCUT2D eigenvalue weighted by Crippen LogP contribution is 2.37. The van der Waals surface area contributed by atoms with Crippen molar-refractivity contribution in [1.29, 1.82) is 0 Å². The molecule has 284 valence electrons. The Morgan fingerprint density at radius 2 is 0.943 bits per heavy atom. The second kappa shape index (κ2) is 19.8. The molecule has 2 aromatic carbocycles. The zero-order valence-electron chi connectivity index (χ0n) is 32.2. The molecule has 53 heavy (non-hydrogen) atoms. The van der Waals surface area contributed by atoms with E-state index in [1.165, 1.54) is 38.5 Å². The predicted octanol–water partition coefficient (Wildman–Crippen LogP) is 10.5. The van der Waals surface area contributed by atoms with Gasteiger partial charge in [0.2, 0.25) is 0 Å². The normalized spacial score (nSPS) is 18.9. The number of rotatable bonds is 24. The van der Waals surface area contributed by atoms with Crippen molar-refractivity contribution < 1.29 is 23.7 Å². The van der Waals surface area contributed by atoms with E-state index in [9.17, 15) is 0 Å². The summed E-state index contributed by atoms with van der Waals surface area (Å²) in [5, 5.41) is 0. The number of epoxide rings is 2.